The summed E-state index contributed by atoms with van der Waals surface area (Å²) in [4.78, 5) is 19.6. The van der Waals surface area contributed by atoms with Crippen molar-refractivity contribution >= 4 is 17.3 Å². The molecule has 1 rings (SSSR count). The third-order valence-electron chi connectivity index (χ3n) is 1.90. The molecule has 0 fully saturated rings. The van der Waals surface area contributed by atoms with E-state index in [9.17, 15) is 4.79 Å². The van der Waals surface area contributed by atoms with Crippen molar-refractivity contribution in [3.63, 3.8) is 0 Å². The Balaban J connectivity index is 2.68. The number of amides is 1. The van der Waals surface area contributed by atoms with Gasteiger partial charge in [-0.05, 0) is 24.6 Å². The minimum absolute atomic E-state index is 0.222. The number of anilines is 1. The van der Waals surface area contributed by atoms with E-state index in [0.717, 1.165) is 6.42 Å². The molecule has 0 aliphatic heterocycles. The van der Waals surface area contributed by atoms with Crippen LogP contribution in [0.4, 0.5) is 5.69 Å². The molecular weight excluding hydrogens is 202 g/mol. The molecule has 1 aromatic rings. The first-order valence-corrected chi connectivity index (χ1v) is 5.12. The van der Waals surface area contributed by atoms with Crippen LogP contribution >= 0.6 is 0 Å². The normalized spacial score (nSPS) is 11.8. The highest BCUT2D eigenvalue weighted by Crippen LogP contribution is 2.02. The van der Waals surface area contributed by atoms with Crippen molar-refractivity contribution in [2.24, 2.45) is 4.99 Å². The highest BCUT2D eigenvalue weighted by molar-refractivity contribution is 6.47. The number of nitrogens with zero attached hydrogens (tertiary/aromatic N) is 2. The van der Waals surface area contributed by atoms with Crippen molar-refractivity contribution in [2.75, 3.05) is 12.4 Å². The van der Waals surface area contributed by atoms with Crippen molar-refractivity contribution in [1.29, 1.82) is 0 Å². The summed E-state index contributed by atoms with van der Waals surface area (Å²) in [6.45, 7) is 2.00. The molecule has 84 valence electrons. The van der Waals surface area contributed by atoms with Crippen molar-refractivity contribution in [3.05, 3.63) is 36.7 Å². The molecule has 1 aromatic heterocycles. The Morgan fingerprint density at radius 3 is 3.00 bits per heavy atom. The van der Waals surface area contributed by atoms with Crippen LogP contribution in [0.1, 0.15) is 13.3 Å². The van der Waals surface area contributed by atoms with Crippen LogP contribution < -0.4 is 5.32 Å². The van der Waals surface area contributed by atoms with Gasteiger partial charge in [0.25, 0.3) is 5.91 Å². The Kier molecular flexibility index (Phi) is 4.92. The first kappa shape index (κ1) is 12.1. The Hall–Kier alpha value is -1.97. The summed E-state index contributed by atoms with van der Waals surface area (Å²) in [5, 5.41) is 2.72. The van der Waals surface area contributed by atoms with E-state index in [-0.39, 0.29) is 5.91 Å². The molecule has 0 saturated carbocycles. The third kappa shape index (κ3) is 3.65. The molecular formula is C12H15N3O. The maximum Gasteiger partial charge on any atom is 0.273 e. The minimum Gasteiger partial charge on any atom is -0.319 e. The number of nitrogens with one attached hydrogen (secondary N) is 1. The Morgan fingerprint density at radius 2 is 2.44 bits per heavy atom. The molecule has 4 nitrogen and oxygen atoms in total. The lowest BCUT2D eigenvalue weighted by molar-refractivity contribution is -0.110. The zero-order valence-corrected chi connectivity index (χ0v) is 9.47. The van der Waals surface area contributed by atoms with E-state index in [1.54, 1.807) is 37.7 Å². The van der Waals surface area contributed by atoms with Gasteiger partial charge in [-0.2, -0.15) is 0 Å². The van der Waals surface area contributed by atoms with Gasteiger partial charge in [0.2, 0.25) is 0 Å². The number of rotatable bonds is 4. The molecule has 16 heavy (non-hydrogen) atoms. The number of carbonyl (C=O) groups excluding carboxylic acids is 1. The van der Waals surface area contributed by atoms with Gasteiger partial charge in [-0.1, -0.05) is 13.0 Å². The van der Waals surface area contributed by atoms with E-state index in [4.69, 9.17) is 0 Å². The lowest BCUT2D eigenvalue weighted by atomic mass is 10.2. The predicted molar refractivity (Wildman–Crippen MR) is 65.7 cm³/mol. The fourth-order valence-corrected chi connectivity index (χ4v) is 1.11. The molecule has 1 heterocycles. The van der Waals surface area contributed by atoms with Gasteiger partial charge in [0.05, 0.1) is 11.9 Å². The quantitative estimate of drug-likeness (QED) is 0.785. The van der Waals surface area contributed by atoms with Gasteiger partial charge < -0.3 is 5.32 Å². The Labute approximate surface area is 95.1 Å². The summed E-state index contributed by atoms with van der Waals surface area (Å²) >= 11 is 0. The molecule has 4 heteroatoms. The fraction of sp³-hybridized carbons (Fsp3) is 0.250. The van der Waals surface area contributed by atoms with Gasteiger partial charge in [-0.25, -0.2) is 0 Å². The topological polar surface area (TPSA) is 54.4 Å². The van der Waals surface area contributed by atoms with Gasteiger partial charge in [-0.3, -0.25) is 14.8 Å². The molecule has 0 aliphatic carbocycles. The minimum atomic E-state index is -0.222. The second-order valence-corrected chi connectivity index (χ2v) is 3.12. The highest BCUT2D eigenvalue weighted by Gasteiger charge is 2.06. The van der Waals surface area contributed by atoms with Crippen molar-refractivity contribution < 1.29 is 4.79 Å². The van der Waals surface area contributed by atoms with E-state index >= 15 is 0 Å². The number of aliphatic imine (C=N–C) groups is 1. The molecule has 0 spiro atoms. The SMILES string of the molecule is CC/C=C\C(=NC)C(=O)Nc1cccnc1. The van der Waals surface area contributed by atoms with E-state index in [0.29, 0.717) is 11.4 Å². The molecule has 0 unspecified atom stereocenters. The molecule has 1 amide bonds. The number of carbonyl (C=O) groups is 1. The van der Waals surface area contributed by atoms with E-state index < -0.39 is 0 Å². The maximum atomic E-state index is 11.7. The van der Waals surface area contributed by atoms with Crippen LogP contribution in [0, 0.1) is 0 Å². The zero-order valence-electron chi connectivity index (χ0n) is 9.47. The summed E-state index contributed by atoms with van der Waals surface area (Å²) in [5.41, 5.74) is 1.07. The zero-order chi connectivity index (χ0) is 11.8. The Morgan fingerprint density at radius 1 is 1.62 bits per heavy atom. The smallest absolute Gasteiger partial charge is 0.273 e. The van der Waals surface area contributed by atoms with E-state index in [2.05, 4.69) is 15.3 Å². The van der Waals surface area contributed by atoms with Crippen LogP contribution in [0.15, 0.2) is 41.7 Å². The summed E-state index contributed by atoms with van der Waals surface area (Å²) < 4.78 is 0. The molecule has 0 bridgehead atoms. The standard InChI is InChI=1S/C12H15N3O/c1-3-4-7-11(13-2)12(16)15-10-6-5-8-14-9-10/h4-9H,3H2,1-2H3,(H,15,16)/b7-4-,13-11?. The van der Waals surface area contributed by atoms with Crippen LogP contribution in [0.25, 0.3) is 0 Å². The first-order valence-electron chi connectivity index (χ1n) is 5.12. The number of hydrogen-bond donors (Lipinski definition) is 1. The average Bonchev–Trinajstić information content (AvgIpc) is 2.31. The number of allylic oxidation sites excluding steroid dienone is 1. The maximum absolute atomic E-state index is 11.7. The molecule has 0 aliphatic rings. The van der Waals surface area contributed by atoms with Crippen LogP contribution in [0.2, 0.25) is 0 Å². The van der Waals surface area contributed by atoms with Gasteiger partial charge in [-0.15, -0.1) is 0 Å². The van der Waals surface area contributed by atoms with E-state index in [1.165, 1.54) is 0 Å². The van der Waals surface area contributed by atoms with Gasteiger partial charge in [0.15, 0.2) is 0 Å². The third-order valence-corrected chi connectivity index (χ3v) is 1.90. The highest BCUT2D eigenvalue weighted by atomic mass is 16.1. The summed E-state index contributed by atoms with van der Waals surface area (Å²) in [6, 6.07) is 3.54. The van der Waals surface area contributed by atoms with Crippen molar-refractivity contribution in [3.8, 4) is 0 Å². The second-order valence-electron chi connectivity index (χ2n) is 3.12. The summed E-state index contributed by atoms with van der Waals surface area (Å²) in [6.07, 6.45) is 7.73. The summed E-state index contributed by atoms with van der Waals surface area (Å²) in [7, 11) is 1.60. The number of aromatic nitrogens is 1. The number of hydrogen-bond acceptors (Lipinski definition) is 3. The molecule has 0 atom stereocenters. The Bertz CT molecular complexity index is 396. The van der Waals surface area contributed by atoms with Crippen molar-refractivity contribution in [1.82, 2.24) is 4.98 Å². The van der Waals surface area contributed by atoms with Gasteiger partial charge >= 0.3 is 0 Å². The van der Waals surface area contributed by atoms with Crippen LogP contribution in [0.3, 0.4) is 0 Å². The average molecular weight is 217 g/mol. The predicted octanol–water partition coefficient (Wildman–Crippen LogP) is 2.06. The van der Waals surface area contributed by atoms with Crippen molar-refractivity contribution in [2.45, 2.75) is 13.3 Å². The van der Waals surface area contributed by atoms with Crippen LogP contribution in [-0.4, -0.2) is 23.7 Å². The largest absolute Gasteiger partial charge is 0.319 e. The second kappa shape index (κ2) is 6.50. The van der Waals surface area contributed by atoms with Gasteiger partial charge in [0.1, 0.15) is 5.71 Å². The van der Waals surface area contributed by atoms with Gasteiger partial charge in [0, 0.05) is 13.2 Å². The van der Waals surface area contributed by atoms with Crippen LogP contribution in [0.5, 0.6) is 0 Å². The molecule has 1 N–H and O–H groups in total. The molecule has 0 saturated heterocycles. The fourth-order valence-electron chi connectivity index (χ4n) is 1.11. The lowest BCUT2D eigenvalue weighted by Gasteiger charge is -2.03. The number of pyridine rings is 1. The van der Waals surface area contributed by atoms with E-state index in [1.807, 2.05) is 13.0 Å². The monoisotopic (exact) mass is 217 g/mol. The van der Waals surface area contributed by atoms with Crippen LogP contribution in [-0.2, 0) is 4.79 Å². The first-order chi connectivity index (χ1) is 7.77. The molecule has 0 radical (unpaired) electrons. The lowest BCUT2D eigenvalue weighted by Crippen LogP contribution is -2.21. The summed E-state index contributed by atoms with van der Waals surface area (Å²) in [5.74, 6) is -0.222. The molecule has 0 aromatic carbocycles.